The van der Waals surface area contributed by atoms with Crippen LogP contribution in [0.25, 0.3) is 17.1 Å². The Balaban J connectivity index is 1.45. The van der Waals surface area contributed by atoms with Crippen LogP contribution in [-0.4, -0.2) is 26.4 Å². The number of hydrogen-bond donors (Lipinski definition) is 0. The number of benzene rings is 1. The standard InChI is InChI=1S/C17H12N4O3S/c1-2-6-13-12(5-1)23-10-14(24-13)16-18-19-17-21(16)20-15(25-17)8-7-11-4-3-9-22-11/h1-9,14H,10H2. The lowest BCUT2D eigenvalue weighted by atomic mass is 10.2. The van der Waals surface area contributed by atoms with Crippen molar-refractivity contribution in [2.75, 3.05) is 6.61 Å². The van der Waals surface area contributed by atoms with Crippen molar-refractivity contribution in [1.82, 2.24) is 19.8 Å². The van der Waals surface area contributed by atoms with Gasteiger partial charge in [0.1, 0.15) is 17.4 Å². The molecular formula is C17H12N4O3S. The minimum absolute atomic E-state index is 0.353. The van der Waals surface area contributed by atoms with E-state index < -0.39 is 0 Å². The van der Waals surface area contributed by atoms with Crippen molar-refractivity contribution in [3.8, 4) is 11.5 Å². The second-order valence-corrected chi connectivity index (χ2v) is 6.39. The Hall–Kier alpha value is -3.13. The van der Waals surface area contributed by atoms with Crippen molar-refractivity contribution >= 4 is 28.4 Å². The molecule has 0 amide bonds. The van der Waals surface area contributed by atoms with Gasteiger partial charge in [0.25, 0.3) is 0 Å². The Kier molecular flexibility index (Phi) is 3.27. The summed E-state index contributed by atoms with van der Waals surface area (Å²) in [5, 5.41) is 13.8. The molecule has 25 heavy (non-hydrogen) atoms. The molecule has 0 radical (unpaired) electrons. The third kappa shape index (κ3) is 2.56. The van der Waals surface area contributed by atoms with Gasteiger partial charge in [-0.3, -0.25) is 0 Å². The topological polar surface area (TPSA) is 74.7 Å². The van der Waals surface area contributed by atoms with Crippen molar-refractivity contribution in [2.45, 2.75) is 6.10 Å². The van der Waals surface area contributed by atoms with Crippen LogP contribution in [0.2, 0.25) is 0 Å². The van der Waals surface area contributed by atoms with Gasteiger partial charge in [-0.15, -0.1) is 10.2 Å². The van der Waals surface area contributed by atoms with Gasteiger partial charge >= 0.3 is 0 Å². The van der Waals surface area contributed by atoms with Gasteiger partial charge in [-0.2, -0.15) is 9.61 Å². The highest BCUT2D eigenvalue weighted by Crippen LogP contribution is 2.35. The second-order valence-electron chi connectivity index (χ2n) is 5.41. The minimum atomic E-state index is -0.353. The van der Waals surface area contributed by atoms with Gasteiger partial charge in [-0.25, -0.2) is 0 Å². The number of ether oxygens (including phenoxy) is 2. The van der Waals surface area contributed by atoms with Crippen LogP contribution < -0.4 is 9.47 Å². The molecule has 7 nitrogen and oxygen atoms in total. The molecule has 1 aromatic carbocycles. The fourth-order valence-corrected chi connectivity index (χ4v) is 3.35. The van der Waals surface area contributed by atoms with Crippen molar-refractivity contribution in [3.63, 3.8) is 0 Å². The Morgan fingerprint density at radius 1 is 1.08 bits per heavy atom. The van der Waals surface area contributed by atoms with Gasteiger partial charge in [-0.1, -0.05) is 23.5 Å². The van der Waals surface area contributed by atoms with Gasteiger partial charge in [0.2, 0.25) is 4.96 Å². The quantitative estimate of drug-likeness (QED) is 0.562. The average molecular weight is 352 g/mol. The van der Waals surface area contributed by atoms with Crippen molar-refractivity contribution in [3.05, 3.63) is 59.3 Å². The smallest absolute Gasteiger partial charge is 0.235 e. The fourth-order valence-electron chi connectivity index (χ4n) is 2.60. The number of hydrogen-bond acceptors (Lipinski definition) is 7. The first-order chi connectivity index (χ1) is 12.4. The van der Waals surface area contributed by atoms with Crippen molar-refractivity contribution in [1.29, 1.82) is 0 Å². The molecule has 0 saturated heterocycles. The molecule has 1 atom stereocenters. The fraction of sp³-hybridized carbons (Fsp3) is 0.118. The largest absolute Gasteiger partial charge is 0.485 e. The van der Waals surface area contributed by atoms with Crippen LogP contribution >= 0.6 is 11.3 Å². The van der Waals surface area contributed by atoms with Gasteiger partial charge in [-0.05, 0) is 36.4 Å². The first-order valence-electron chi connectivity index (χ1n) is 7.69. The maximum absolute atomic E-state index is 6.00. The maximum atomic E-state index is 6.00. The summed E-state index contributed by atoms with van der Waals surface area (Å²) in [4.78, 5) is 0.705. The average Bonchev–Trinajstić information content (AvgIpc) is 3.36. The molecular weight excluding hydrogens is 340 g/mol. The Morgan fingerprint density at radius 2 is 2.00 bits per heavy atom. The monoisotopic (exact) mass is 352 g/mol. The van der Waals surface area contributed by atoms with E-state index in [-0.39, 0.29) is 6.10 Å². The number of furan rings is 1. The highest BCUT2D eigenvalue weighted by Gasteiger charge is 2.27. The number of fused-ring (bicyclic) bond motifs is 2. The van der Waals surface area contributed by atoms with Crippen LogP contribution in [0.3, 0.4) is 0 Å². The molecule has 0 N–H and O–H groups in total. The van der Waals surface area contributed by atoms with Crippen molar-refractivity contribution < 1.29 is 13.9 Å². The van der Waals surface area contributed by atoms with Crippen LogP contribution in [0, 0.1) is 0 Å². The molecule has 0 fully saturated rings. The third-order valence-corrected chi connectivity index (χ3v) is 4.62. The number of aromatic nitrogens is 4. The summed E-state index contributed by atoms with van der Waals surface area (Å²) in [7, 11) is 0. The number of para-hydroxylation sites is 2. The van der Waals surface area contributed by atoms with E-state index >= 15 is 0 Å². The molecule has 4 aromatic rings. The molecule has 4 heterocycles. The van der Waals surface area contributed by atoms with Gasteiger partial charge in [0.15, 0.2) is 23.4 Å². The van der Waals surface area contributed by atoms with E-state index in [9.17, 15) is 0 Å². The number of rotatable bonds is 3. The molecule has 5 rings (SSSR count). The Morgan fingerprint density at radius 3 is 2.88 bits per heavy atom. The highest BCUT2D eigenvalue weighted by atomic mass is 32.1. The molecule has 0 aliphatic carbocycles. The van der Waals surface area contributed by atoms with E-state index in [2.05, 4.69) is 15.3 Å². The van der Waals surface area contributed by atoms with Crippen molar-refractivity contribution in [2.24, 2.45) is 0 Å². The number of nitrogens with zero attached hydrogens (tertiary/aromatic N) is 4. The lowest BCUT2D eigenvalue weighted by Gasteiger charge is -2.24. The van der Waals surface area contributed by atoms with E-state index in [0.29, 0.717) is 23.1 Å². The van der Waals surface area contributed by atoms with Crippen LogP contribution in [0.5, 0.6) is 11.5 Å². The summed E-state index contributed by atoms with van der Waals surface area (Å²) in [6, 6.07) is 11.3. The zero-order valence-corrected chi connectivity index (χ0v) is 13.7. The van der Waals surface area contributed by atoms with Crippen LogP contribution in [0.1, 0.15) is 22.7 Å². The zero-order chi connectivity index (χ0) is 16.6. The predicted octanol–water partition coefficient (Wildman–Crippen LogP) is 3.46. The van der Waals surface area contributed by atoms with Crippen LogP contribution in [0.15, 0.2) is 47.1 Å². The van der Waals surface area contributed by atoms with E-state index in [1.54, 1.807) is 10.8 Å². The summed E-state index contributed by atoms with van der Waals surface area (Å²) in [6.45, 7) is 0.368. The summed E-state index contributed by atoms with van der Waals surface area (Å²) in [6.07, 6.45) is 5.03. The van der Waals surface area contributed by atoms with E-state index in [1.165, 1.54) is 11.3 Å². The first kappa shape index (κ1) is 14.2. The van der Waals surface area contributed by atoms with Gasteiger partial charge < -0.3 is 13.9 Å². The molecule has 0 spiro atoms. The zero-order valence-electron chi connectivity index (χ0n) is 12.9. The lowest BCUT2D eigenvalue weighted by Crippen LogP contribution is -2.23. The SMILES string of the molecule is C(=Cc1nn2c(C3COc4ccccc4O3)nnc2s1)c1ccco1. The van der Waals surface area contributed by atoms with E-state index in [4.69, 9.17) is 13.9 Å². The Bertz CT molecular complexity index is 1050. The van der Waals surface area contributed by atoms with Gasteiger partial charge in [0, 0.05) is 0 Å². The molecule has 1 unspecified atom stereocenters. The molecule has 8 heteroatoms. The summed E-state index contributed by atoms with van der Waals surface area (Å²) >= 11 is 1.44. The normalized spacial score (nSPS) is 16.7. The molecule has 0 saturated carbocycles. The Labute approximate surface area is 146 Å². The molecule has 1 aliphatic rings. The summed E-state index contributed by atoms with van der Waals surface area (Å²) in [5.74, 6) is 2.83. The second kappa shape index (κ2) is 5.75. The van der Waals surface area contributed by atoms with Crippen LogP contribution in [0.4, 0.5) is 0 Å². The van der Waals surface area contributed by atoms with Crippen LogP contribution in [-0.2, 0) is 0 Å². The lowest BCUT2D eigenvalue weighted by molar-refractivity contribution is 0.0836. The molecule has 124 valence electrons. The maximum Gasteiger partial charge on any atom is 0.235 e. The first-order valence-corrected chi connectivity index (χ1v) is 8.51. The van der Waals surface area contributed by atoms with E-state index in [0.717, 1.165) is 16.5 Å². The molecule has 0 bridgehead atoms. The van der Waals surface area contributed by atoms with E-state index in [1.807, 2.05) is 48.6 Å². The molecule has 3 aromatic heterocycles. The molecule has 1 aliphatic heterocycles. The highest BCUT2D eigenvalue weighted by molar-refractivity contribution is 7.17. The summed E-state index contributed by atoms with van der Waals surface area (Å²) in [5.41, 5.74) is 0. The predicted molar refractivity (Wildman–Crippen MR) is 91.6 cm³/mol. The minimum Gasteiger partial charge on any atom is -0.485 e. The van der Waals surface area contributed by atoms with Gasteiger partial charge in [0.05, 0.1) is 6.26 Å². The summed E-state index contributed by atoms with van der Waals surface area (Å²) < 4.78 is 18.7. The third-order valence-electron chi connectivity index (χ3n) is 3.76.